The topological polar surface area (TPSA) is 29.3 Å². The molecule has 0 bridgehead atoms. The summed E-state index contributed by atoms with van der Waals surface area (Å²) in [5.41, 5.74) is 6.77. The van der Waals surface area contributed by atoms with Crippen LogP contribution in [0.1, 0.15) is 65.2 Å². The number of nitrogens with zero attached hydrogens (tertiary/aromatic N) is 1. The van der Waals surface area contributed by atoms with Gasteiger partial charge in [-0.2, -0.15) is 0 Å². The van der Waals surface area contributed by atoms with Crippen LogP contribution < -0.4 is 5.73 Å². The second-order valence-electron chi connectivity index (χ2n) is 6.39. The minimum Gasteiger partial charge on any atom is -0.326 e. The van der Waals surface area contributed by atoms with Crippen LogP contribution in [0.4, 0.5) is 0 Å². The zero-order valence-electron chi connectivity index (χ0n) is 11.8. The third-order valence-corrected chi connectivity index (χ3v) is 5.18. The normalized spacial score (nSPS) is 27.7. The van der Waals surface area contributed by atoms with Crippen molar-refractivity contribution < 1.29 is 0 Å². The van der Waals surface area contributed by atoms with E-state index in [1.54, 1.807) is 0 Å². The molecule has 2 heteroatoms. The molecule has 0 aromatic heterocycles. The van der Waals surface area contributed by atoms with Crippen LogP contribution in [0.2, 0.25) is 0 Å². The quantitative estimate of drug-likeness (QED) is 0.770. The molecule has 0 spiro atoms. The molecule has 0 amide bonds. The zero-order valence-corrected chi connectivity index (χ0v) is 11.8. The van der Waals surface area contributed by atoms with Crippen LogP contribution in [0.3, 0.4) is 0 Å². The Labute approximate surface area is 107 Å². The average molecular weight is 238 g/mol. The number of rotatable bonds is 6. The molecule has 1 heterocycles. The van der Waals surface area contributed by atoms with Gasteiger partial charge in [0.05, 0.1) is 0 Å². The molecule has 2 nitrogen and oxygen atoms in total. The van der Waals surface area contributed by atoms with Crippen molar-refractivity contribution in [3.05, 3.63) is 0 Å². The third kappa shape index (κ3) is 3.23. The molecule has 100 valence electrons. The van der Waals surface area contributed by atoms with E-state index in [0.29, 0.717) is 6.04 Å². The molecule has 0 aromatic carbocycles. The summed E-state index contributed by atoms with van der Waals surface area (Å²) in [6.45, 7) is 7.24. The van der Waals surface area contributed by atoms with Gasteiger partial charge < -0.3 is 5.73 Å². The standard InChI is InChI=1S/C15H30N2/c1-3-15(2,17-11-5-4-6-12-17)14(16)10-9-13-7-8-13/h13-14H,3-12,16H2,1-2H3. The fourth-order valence-electron chi connectivity index (χ4n) is 3.26. The molecule has 2 fully saturated rings. The summed E-state index contributed by atoms with van der Waals surface area (Å²) in [5.74, 6) is 1.02. The molecule has 1 saturated carbocycles. The lowest BCUT2D eigenvalue weighted by molar-refractivity contribution is 0.0512. The van der Waals surface area contributed by atoms with E-state index in [1.807, 2.05) is 0 Å². The van der Waals surface area contributed by atoms with Crippen LogP contribution in [-0.4, -0.2) is 29.6 Å². The Morgan fingerprint density at radius 3 is 2.41 bits per heavy atom. The van der Waals surface area contributed by atoms with Crippen molar-refractivity contribution in [2.45, 2.75) is 76.8 Å². The highest BCUT2D eigenvalue weighted by Gasteiger charge is 2.37. The first-order valence-corrected chi connectivity index (χ1v) is 7.67. The van der Waals surface area contributed by atoms with Gasteiger partial charge in [0, 0.05) is 11.6 Å². The first kappa shape index (κ1) is 13.4. The van der Waals surface area contributed by atoms with Gasteiger partial charge in [0.2, 0.25) is 0 Å². The number of hydrogen-bond donors (Lipinski definition) is 1. The lowest BCUT2D eigenvalue weighted by Gasteiger charge is -2.47. The summed E-state index contributed by atoms with van der Waals surface area (Å²) in [6, 6.07) is 0.367. The van der Waals surface area contributed by atoms with E-state index >= 15 is 0 Å². The number of nitrogens with two attached hydrogens (primary N) is 1. The summed E-state index contributed by atoms with van der Waals surface area (Å²) in [4.78, 5) is 2.67. The Hall–Kier alpha value is -0.0800. The second-order valence-corrected chi connectivity index (χ2v) is 6.39. The molecule has 0 radical (unpaired) electrons. The molecule has 2 atom stereocenters. The maximum absolute atomic E-state index is 6.53. The van der Waals surface area contributed by atoms with Crippen molar-refractivity contribution in [3.8, 4) is 0 Å². The summed E-state index contributed by atoms with van der Waals surface area (Å²) in [5, 5.41) is 0. The van der Waals surface area contributed by atoms with E-state index in [0.717, 1.165) is 5.92 Å². The summed E-state index contributed by atoms with van der Waals surface area (Å²) >= 11 is 0. The van der Waals surface area contributed by atoms with Crippen molar-refractivity contribution in [3.63, 3.8) is 0 Å². The average Bonchev–Trinajstić information content (AvgIpc) is 3.20. The molecular weight excluding hydrogens is 208 g/mol. The van der Waals surface area contributed by atoms with E-state index in [9.17, 15) is 0 Å². The van der Waals surface area contributed by atoms with Crippen molar-refractivity contribution >= 4 is 0 Å². The lowest BCUT2D eigenvalue weighted by atomic mass is 9.83. The molecule has 2 unspecified atom stereocenters. The Bertz CT molecular complexity index is 231. The van der Waals surface area contributed by atoms with Gasteiger partial charge in [-0.3, -0.25) is 4.90 Å². The molecule has 1 aliphatic carbocycles. The van der Waals surface area contributed by atoms with Gasteiger partial charge in [0.25, 0.3) is 0 Å². The van der Waals surface area contributed by atoms with Gasteiger partial charge in [0.15, 0.2) is 0 Å². The molecule has 1 saturated heterocycles. The van der Waals surface area contributed by atoms with Crippen LogP contribution in [0, 0.1) is 5.92 Å². The predicted octanol–water partition coefficient (Wildman–Crippen LogP) is 3.16. The first-order chi connectivity index (χ1) is 8.16. The Balaban J connectivity index is 1.89. The molecule has 1 aliphatic heterocycles. The number of hydrogen-bond acceptors (Lipinski definition) is 2. The molecule has 0 aromatic rings. The zero-order chi connectivity index (χ0) is 12.3. The molecular formula is C15H30N2. The highest BCUT2D eigenvalue weighted by Crippen LogP contribution is 2.36. The number of piperidine rings is 1. The van der Waals surface area contributed by atoms with Crippen LogP contribution in [-0.2, 0) is 0 Å². The largest absolute Gasteiger partial charge is 0.326 e. The van der Waals surface area contributed by atoms with Crippen LogP contribution in [0.5, 0.6) is 0 Å². The first-order valence-electron chi connectivity index (χ1n) is 7.67. The highest BCUT2D eigenvalue weighted by atomic mass is 15.2. The van der Waals surface area contributed by atoms with Gasteiger partial charge in [-0.05, 0) is 58.0 Å². The van der Waals surface area contributed by atoms with Crippen molar-refractivity contribution in [1.82, 2.24) is 4.90 Å². The van der Waals surface area contributed by atoms with E-state index in [-0.39, 0.29) is 5.54 Å². The summed E-state index contributed by atoms with van der Waals surface area (Å²) in [7, 11) is 0. The monoisotopic (exact) mass is 238 g/mol. The van der Waals surface area contributed by atoms with Crippen LogP contribution in [0.25, 0.3) is 0 Å². The third-order valence-electron chi connectivity index (χ3n) is 5.18. The van der Waals surface area contributed by atoms with Crippen molar-refractivity contribution in [2.24, 2.45) is 11.7 Å². The van der Waals surface area contributed by atoms with Gasteiger partial charge in [-0.25, -0.2) is 0 Å². The number of likely N-dealkylation sites (tertiary alicyclic amines) is 1. The maximum Gasteiger partial charge on any atom is 0.0329 e. The van der Waals surface area contributed by atoms with Crippen LogP contribution in [0.15, 0.2) is 0 Å². The highest BCUT2D eigenvalue weighted by molar-refractivity contribution is 4.96. The van der Waals surface area contributed by atoms with E-state index < -0.39 is 0 Å². The van der Waals surface area contributed by atoms with E-state index in [4.69, 9.17) is 5.73 Å². The summed E-state index contributed by atoms with van der Waals surface area (Å²) in [6.07, 6.45) is 10.8. The summed E-state index contributed by atoms with van der Waals surface area (Å²) < 4.78 is 0. The second kappa shape index (κ2) is 5.71. The predicted molar refractivity (Wildman–Crippen MR) is 74.1 cm³/mol. The SMILES string of the molecule is CCC(C)(C(N)CCC1CC1)N1CCCCC1. The van der Waals surface area contributed by atoms with Crippen molar-refractivity contribution in [1.29, 1.82) is 0 Å². The van der Waals surface area contributed by atoms with E-state index in [1.165, 1.54) is 64.5 Å². The lowest BCUT2D eigenvalue weighted by Crippen LogP contribution is -2.59. The van der Waals surface area contributed by atoms with Gasteiger partial charge in [0.1, 0.15) is 0 Å². The maximum atomic E-state index is 6.53. The Kier molecular flexibility index (Phi) is 4.48. The molecule has 2 rings (SSSR count). The van der Waals surface area contributed by atoms with Gasteiger partial charge >= 0.3 is 0 Å². The molecule has 2 N–H and O–H groups in total. The fraction of sp³-hybridized carbons (Fsp3) is 1.00. The van der Waals surface area contributed by atoms with Gasteiger partial charge in [-0.1, -0.05) is 26.2 Å². The smallest absolute Gasteiger partial charge is 0.0329 e. The Morgan fingerprint density at radius 2 is 1.88 bits per heavy atom. The van der Waals surface area contributed by atoms with E-state index in [2.05, 4.69) is 18.7 Å². The molecule has 2 aliphatic rings. The Morgan fingerprint density at radius 1 is 1.24 bits per heavy atom. The van der Waals surface area contributed by atoms with Crippen LogP contribution >= 0.6 is 0 Å². The van der Waals surface area contributed by atoms with Gasteiger partial charge in [-0.15, -0.1) is 0 Å². The minimum absolute atomic E-state index is 0.245. The van der Waals surface area contributed by atoms with Crippen molar-refractivity contribution in [2.75, 3.05) is 13.1 Å². The fourth-order valence-corrected chi connectivity index (χ4v) is 3.26. The molecule has 17 heavy (non-hydrogen) atoms. The minimum atomic E-state index is 0.245.